The number of likely N-dealkylation sites (tertiary alicyclic amines) is 1. The van der Waals surface area contributed by atoms with Crippen molar-refractivity contribution in [2.24, 2.45) is 5.92 Å². The summed E-state index contributed by atoms with van der Waals surface area (Å²) in [7, 11) is 0. The molecule has 2 aromatic heterocycles. The summed E-state index contributed by atoms with van der Waals surface area (Å²) in [6, 6.07) is 14.5. The zero-order valence-corrected chi connectivity index (χ0v) is 17.5. The molecule has 0 spiro atoms. The van der Waals surface area contributed by atoms with Gasteiger partial charge in [0.2, 0.25) is 0 Å². The van der Waals surface area contributed by atoms with E-state index in [1.54, 1.807) is 12.4 Å². The molecule has 0 saturated carbocycles. The Hall–Kier alpha value is -2.59. The van der Waals surface area contributed by atoms with E-state index < -0.39 is 0 Å². The Balaban J connectivity index is 1.70. The lowest BCUT2D eigenvalue weighted by Crippen LogP contribution is -2.37. The van der Waals surface area contributed by atoms with Crippen LogP contribution in [0.1, 0.15) is 44.7 Å². The maximum atomic E-state index is 5.11. The number of nitrogens with zero attached hydrogens (tertiary/aromatic N) is 4. The Bertz CT molecular complexity index is 911. The van der Waals surface area contributed by atoms with Gasteiger partial charge in [-0.3, -0.25) is 4.98 Å². The van der Waals surface area contributed by atoms with Crippen LogP contribution in [0.2, 0.25) is 0 Å². The Labute approximate surface area is 174 Å². The third-order valence-corrected chi connectivity index (χ3v) is 6.00. The quantitative estimate of drug-likeness (QED) is 0.566. The summed E-state index contributed by atoms with van der Waals surface area (Å²) in [6.07, 6.45) is 9.26. The average molecular weight is 387 g/mol. The number of hydrogen-bond acceptors (Lipinski definition) is 4. The topological polar surface area (TPSA) is 41.9 Å². The van der Waals surface area contributed by atoms with E-state index in [1.165, 1.54) is 49.2 Å². The van der Waals surface area contributed by atoms with Crippen molar-refractivity contribution in [1.82, 2.24) is 19.9 Å². The highest BCUT2D eigenvalue weighted by Crippen LogP contribution is 2.34. The molecule has 4 rings (SSSR count). The van der Waals surface area contributed by atoms with E-state index >= 15 is 0 Å². The summed E-state index contributed by atoms with van der Waals surface area (Å²) >= 11 is 0. The summed E-state index contributed by atoms with van der Waals surface area (Å²) in [5.41, 5.74) is 4.57. The number of pyridine rings is 1. The van der Waals surface area contributed by atoms with Gasteiger partial charge in [-0.15, -0.1) is 0 Å². The molecule has 2 unspecified atom stereocenters. The summed E-state index contributed by atoms with van der Waals surface area (Å²) in [6.45, 7) is 8.09. The Morgan fingerprint density at radius 2 is 1.86 bits per heavy atom. The zero-order valence-electron chi connectivity index (χ0n) is 17.5. The fraction of sp³-hybridized carbons (Fsp3) is 0.400. The van der Waals surface area contributed by atoms with Gasteiger partial charge in [-0.25, -0.2) is 9.97 Å². The molecule has 1 aliphatic heterocycles. The van der Waals surface area contributed by atoms with Gasteiger partial charge in [0.15, 0.2) is 5.82 Å². The summed E-state index contributed by atoms with van der Waals surface area (Å²) < 4.78 is 0. The first kappa shape index (κ1) is 19.7. The van der Waals surface area contributed by atoms with Crippen molar-refractivity contribution in [3.63, 3.8) is 0 Å². The minimum atomic E-state index is 0.437. The number of benzene rings is 1. The van der Waals surface area contributed by atoms with Crippen LogP contribution < -0.4 is 0 Å². The molecule has 1 saturated heterocycles. The fourth-order valence-electron chi connectivity index (χ4n) is 4.20. The lowest BCUT2D eigenvalue weighted by molar-refractivity contribution is 0.180. The zero-order chi connectivity index (χ0) is 20.1. The molecule has 0 N–H and O–H groups in total. The standard InChI is InChI=1S/C25H30N4/c1-3-19(2)17-29-15-7-10-22(18-29)24-23(20-8-5-4-6-9-20)16-27-25(28-24)21-11-13-26-14-12-21/h4-6,8-9,11-14,16,19,22H,3,7,10,15,17-18H2,1-2H3. The average Bonchev–Trinajstić information content (AvgIpc) is 2.80. The molecule has 4 nitrogen and oxygen atoms in total. The van der Waals surface area contributed by atoms with E-state index in [1.807, 2.05) is 18.3 Å². The van der Waals surface area contributed by atoms with Crippen molar-refractivity contribution >= 4 is 0 Å². The molecule has 3 aromatic rings. The minimum absolute atomic E-state index is 0.437. The SMILES string of the molecule is CCC(C)CN1CCCC(c2nc(-c3ccncc3)ncc2-c2ccccc2)C1. The second-order valence-electron chi connectivity index (χ2n) is 8.21. The van der Waals surface area contributed by atoms with Gasteiger partial charge < -0.3 is 4.90 Å². The van der Waals surface area contributed by atoms with E-state index in [2.05, 4.69) is 54.1 Å². The number of aromatic nitrogens is 3. The molecular formula is C25H30N4. The van der Waals surface area contributed by atoms with E-state index in [0.717, 1.165) is 23.9 Å². The molecule has 150 valence electrons. The Kier molecular flexibility index (Phi) is 6.30. The second-order valence-corrected chi connectivity index (χ2v) is 8.21. The van der Waals surface area contributed by atoms with Gasteiger partial charge in [-0.05, 0) is 43.0 Å². The van der Waals surface area contributed by atoms with Crippen LogP contribution in [0.5, 0.6) is 0 Å². The van der Waals surface area contributed by atoms with Crippen LogP contribution in [0, 0.1) is 5.92 Å². The van der Waals surface area contributed by atoms with Crippen LogP contribution in [-0.4, -0.2) is 39.5 Å². The highest BCUT2D eigenvalue weighted by atomic mass is 15.1. The van der Waals surface area contributed by atoms with Crippen molar-refractivity contribution in [2.75, 3.05) is 19.6 Å². The van der Waals surface area contributed by atoms with Crippen molar-refractivity contribution in [3.05, 3.63) is 66.7 Å². The molecule has 0 radical (unpaired) electrons. The Morgan fingerprint density at radius 3 is 2.62 bits per heavy atom. The smallest absolute Gasteiger partial charge is 0.159 e. The van der Waals surface area contributed by atoms with Crippen LogP contribution in [0.25, 0.3) is 22.5 Å². The first-order valence-electron chi connectivity index (χ1n) is 10.8. The predicted octanol–water partition coefficient (Wildman–Crippen LogP) is 5.43. The second kappa shape index (κ2) is 9.27. The first-order chi connectivity index (χ1) is 14.2. The molecule has 1 fully saturated rings. The van der Waals surface area contributed by atoms with Crippen molar-refractivity contribution in [3.8, 4) is 22.5 Å². The van der Waals surface area contributed by atoms with Gasteiger partial charge in [0.1, 0.15) is 0 Å². The van der Waals surface area contributed by atoms with Crippen molar-refractivity contribution < 1.29 is 0 Å². The van der Waals surface area contributed by atoms with Crippen molar-refractivity contribution in [1.29, 1.82) is 0 Å². The van der Waals surface area contributed by atoms with Gasteiger partial charge >= 0.3 is 0 Å². The van der Waals surface area contributed by atoms with Crippen LogP contribution in [0.4, 0.5) is 0 Å². The summed E-state index contributed by atoms with van der Waals surface area (Å²) in [4.78, 5) is 16.6. The van der Waals surface area contributed by atoms with Gasteiger partial charge in [-0.2, -0.15) is 0 Å². The van der Waals surface area contributed by atoms with E-state index in [4.69, 9.17) is 9.97 Å². The molecule has 1 aliphatic rings. The molecule has 1 aromatic carbocycles. The molecule has 4 heteroatoms. The lowest BCUT2D eigenvalue weighted by atomic mass is 9.89. The number of hydrogen-bond donors (Lipinski definition) is 0. The third kappa shape index (κ3) is 4.70. The van der Waals surface area contributed by atoms with Crippen molar-refractivity contribution in [2.45, 2.75) is 39.0 Å². The normalized spacial score (nSPS) is 18.5. The van der Waals surface area contributed by atoms with Crippen LogP contribution in [-0.2, 0) is 0 Å². The molecule has 29 heavy (non-hydrogen) atoms. The summed E-state index contributed by atoms with van der Waals surface area (Å²) in [5, 5.41) is 0. The fourth-order valence-corrected chi connectivity index (χ4v) is 4.20. The number of piperidine rings is 1. The van der Waals surface area contributed by atoms with E-state index in [-0.39, 0.29) is 0 Å². The highest BCUT2D eigenvalue weighted by Gasteiger charge is 2.26. The molecule has 3 heterocycles. The Morgan fingerprint density at radius 1 is 1.07 bits per heavy atom. The first-order valence-corrected chi connectivity index (χ1v) is 10.8. The maximum Gasteiger partial charge on any atom is 0.159 e. The highest BCUT2D eigenvalue weighted by molar-refractivity contribution is 5.67. The van der Waals surface area contributed by atoms with Gasteiger partial charge in [0.25, 0.3) is 0 Å². The monoisotopic (exact) mass is 386 g/mol. The van der Waals surface area contributed by atoms with Gasteiger partial charge in [-0.1, -0.05) is 50.6 Å². The molecule has 2 atom stereocenters. The van der Waals surface area contributed by atoms with Crippen LogP contribution in [0.3, 0.4) is 0 Å². The molecule has 0 bridgehead atoms. The van der Waals surface area contributed by atoms with Crippen LogP contribution >= 0.6 is 0 Å². The molecule has 0 aliphatic carbocycles. The van der Waals surface area contributed by atoms with Gasteiger partial charge in [0, 0.05) is 48.7 Å². The maximum absolute atomic E-state index is 5.11. The molecular weight excluding hydrogens is 356 g/mol. The predicted molar refractivity (Wildman–Crippen MR) is 119 cm³/mol. The minimum Gasteiger partial charge on any atom is -0.302 e. The number of rotatable bonds is 6. The molecule has 0 amide bonds. The lowest BCUT2D eigenvalue weighted by Gasteiger charge is -2.34. The summed E-state index contributed by atoms with van der Waals surface area (Å²) in [5.74, 6) is 1.97. The third-order valence-electron chi connectivity index (χ3n) is 6.00. The van der Waals surface area contributed by atoms with Gasteiger partial charge in [0.05, 0.1) is 5.69 Å². The van der Waals surface area contributed by atoms with E-state index in [9.17, 15) is 0 Å². The largest absolute Gasteiger partial charge is 0.302 e. The van der Waals surface area contributed by atoms with Crippen LogP contribution in [0.15, 0.2) is 61.1 Å². The van der Waals surface area contributed by atoms with E-state index in [0.29, 0.717) is 5.92 Å².